The molecule has 0 unspecified atom stereocenters. The standard InChI is InChI=1S/C15H15N5/c1-2-6-20(5-1)15-10-16-14(9-17-15)11-3-4-13-12(7-11)8-18-19-13/h3-4,7-10H,1-2,5-6H2,(H,18,19). The molecule has 5 nitrogen and oxygen atoms in total. The largest absolute Gasteiger partial charge is 0.355 e. The number of anilines is 1. The maximum absolute atomic E-state index is 4.55. The zero-order valence-electron chi connectivity index (χ0n) is 11.1. The average Bonchev–Trinajstić information content (AvgIpc) is 3.18. The van der Waals surface area contributed by atoms with Gasteiger partial charge in [0.25, 0.3) is 0 Å². The fourth-order valence-corrected chi connectivity index (χ4v) is 2.68. The Morgan fingerprint density at radius 2 is 1.90 bits per heavy atom. The highest BCUT2D eigenvalue weighted by atomic mass is 15.2. The van der Waals surface area contributed by atoms with E-state index < -0.39 is 0 Å². The lowest BCUT2D eigenvalue weighted by Crippen LogP contribution is -2.19. The van der Waals surface area contributed by atoms with Gasteiger partial charge < -0.3 is 4.90 Å². The SMILES string of the molecule is c1cc2[nH]ncc2cc1-c1cnc(N2CCCC2)cn1. The van der Waals surface area contributed by atoms with Crippen LogP contribution in [0.2, 0.25) is 0 Å². The molecule has 0 radical (unpaired) electrons. The molecule has 100 valence electrons. The summed E-state index contributed by atoms with van der Waals surface area (Å²) in [5, 5.41) is 8.08. The number of hydrogen-bond donors (Lipinski definition) is 1. The van der Waals surface area contributed by atoms with Gasteiger partial charge in [-0.2, -0.15) is 5.10 Å². The smallest absolute Gasteiger partial charge is 0.147 e. The Kier molecular flexibility index (Phi) is 2.62. The van der Waals surface area contributed by atoms with Gasteiger partial charge in [-0.05, 0) is 25.0 Å². The van der Waals surface area contributed by atoms with Gasteiger partial charge in [0.2, 0.25) is 0 Å². The summed E-state index contributed by atoms with van der Waals surface area (Å²) < 4.78 is 0. The van der Waals surface area contributed by atoms with Crippen molar-refractivity contribution >= 4 is 16.7 Å². The molecule has 20 heavy (non-hydrogen) atoms. The number of benzene rings is 1. The topological polar surface area (TPSA) is 57.7 Å². The Hall–Kier alpha value is -2.43. The predicted molar refractivity (Wildman–Crippen MR) is 78.6 cm³/mol. The van der Waals surface area contributed by atoms with E-state index in [4.69, 9.17) is 0 Å². The summed E-state index contributed by atoms with van der Waals surface area (Å²) in [5.41, 5.74) is 3.01. The Labute approximate surface area is 116 Å². The van der Waals surface area contributed by atoms with Crippen LogP contribution in [0, 0.1) is 0 Å². The monoisotopic (exact) mass is 265 g/mol. The molecule has 0 bridgehead atoms. The number of aromatic nitrogens is 4. The molecule has 1 aliphatic rings. The molecule has 1 aromatic carbocycles. The highest BCUT2D eigenvalue weighted by molar-refractivity contribution is 5.83. The molecule has 2 aromatic heterocycles. The van der Waals surface area contributed by atoms with Gasteiger partial charge in [-0.3, -0.25) is 10.1 Å². The number of fused-ring (bicyclic) bond motifs is 1. The van der Waals surface area contributed by atoms with Crippen LogP contribution in [0.5, 0.6) is 0 Å². The van der Waals surface area contributed by atoms with Gasteiger partial charge in [0.15, 0.2) is 0 Å². The van der Waals surface area contributed by atoms with E-state index in [1.54, 1.807) is 0 Å². The van der Waals surface area contributed by atoms with Gasteiger partial charge in [0.1, 0.15) is 5.82 Å². The van der Waals surface area contributed by atoms with Gasteiger partial charge in [0.05, 0.1) is 29.8 Å². The molecule has 1 saturated heterocycles. The molecule has 0 atom stereocenters. The van der Waals surface area contributed by atoms with Crippen LogP contribution in [-0.4, -0.2) is 33.3 Å². The van der Waals surface area contributed by atoms with Gasteiger partial charge >= 0.3 is 0 Å². The predicted octanol–water partition coefficient (Wildman–Crippen LogP) is 2.62. The van der Waals surface area contributed by atoms with Crippen LogP contribution >= 0.6 is 0 Å². The van der Waals surface area contributed by atoms with Crippen LogP contribution in [0.25, 0.3) is 22.2 Å². The Morgan fingerprint density at radius 3 is 2.70 bits per heavy atom. The summed E-state index contributed by atoms with van der Waals surface area (Å²) in [6.45, 7) is 2.18. The van der Waals surface area contributed by atoms with Crippen molar-refractivity contribution in [2.24, 2.45) is 0 Å². The van der Waals surface area contributed by atoms with Crippen LogP contribution in [0.1, 0.15) is 12.8 Å². The number of hydrogen-bond acceptors (Lipinski definition) is 4. The normalized spacial score (nSPS) is 15.1. The minimum Gasteiger partial charge on any atom is -0.355 e. The first kappa shape index (κ1) is 11.4. The molecular formula is C15H15N5. The number of H-pyrrole nitrogens is 1. The van der Waals surface area contributed by atoms with Gasteiger partial charge in [-0.1, -0.05) is 6.07 Å². The second-order valence-corrected chi connectivity index (χ2v) is 5.13. The third-order valence-electron chi connectivity index (χ3n) is 3.80. The van der Waals surface area contributed by atoms with E-state index in [0.717, 1.165) is 41.1 Å². The quantitative estimate of drug-likeness (QED) is 0.774. The summed E-state index contributed by atoms with van der Waals surface area (Å²) in [6, 6.07) is 6.14. The van der Waals surface area contributed by atoms with Crippen molar-refractivity contribution in [3.63, 3.8) is 0 Å². The van der Waals surface area contributed by atoms with Crippen molar-refractivity contribution in [2.75, 3.05) is 18.0 Å². The first-order valence-corrected chi connectivity index (χ1v) is 6.91. The molecule has 1 fully saturated rings. The second-order valence-electron chi connectivity index (χ2n) is 5.13. The minimum atomic E-state index is 0.899. The maximum Gasteiger partial charge on any atom is 0.147 e. The van der Waals surface area contributed by atoms with E-state index in [-0.39, 0.29) is 0 Å². The van der Waals surface area contributed by atoms with Gasteiger partial charge in [-0.25, -0.2) is 4.98 Å². The van der Waals surface area contributed by atoms with Gasteiger partial charge in [0, 0.05) is 24.0 Å². The van der Waals surface area contributed by atoms with E-state index in [2.05, 4.69) is 31.1 Å². The minimum absolute atomic E-state index is 0.899. The lowest BCUT2D eigenvalue weighted by Gasteiger charge is -2.15. The zero-order valence-corrected chi connectivity index (χ0v) is 11.1. The third-order valence-corrected chi connectivity index (χ3v) is 3.80. The fraction of sp³-hybridized carbons (Fsp3) is 0.267. The lowest BCUT2D eigenvalue weighted by molar-refractivity contribution is 0.928. The molecular weight excluding hydrogens is 250 g/mol. The molecule has 0 saturated carbocycles. The van der Waals surface area contributed by atoms with Crippen molar-refractivity contribution in [2.45, 2.75) is 12.8 Å². The van der Waals surface area contributed by atoms with E-state index in [9.17, 15) is 0 Å². The Balaban J connectivity index is 1.67. The zero-order chi connectivity index (χ0) is 13.4. The first-order chi connectivity index (χ1) is 9.90. The summed E-state index contributed by atoms with van der Waals surface area (Å²) in [5.74, 6) is 0.982. The van der Waals surface area contributed by atoms with Crippen molar-refractivity contribution in [1.82, 2.24) is 20.2 Å². The first-order valence-electron chi connectivity index (χ1n) is 6.91. The number of rotatable bonds is 2. The fourth-order valence-electron chi connectivity index (χ4n) is 2.68. The molecule has 3 heterocycles. The third kappa shape index (κ3) is 1.91. The number of aromatic amines is 1. The van der Waals surface area contributed by atoms with Crippen molar-refractivity contribution in [3.05, 3.63) is 36.8 Å². The summed E-state index contributed by atoms with van der Waals surface area (Å²) >= 11 is 0. The number of nitrogens with one attached hydrogen (secondary N) is 1. The Bertz CT molecular complexity index is 725. The van der Waals surface area contributed by atoms with Gasteiger partial charge in [-0.15, -0.1) is 0 Å². The highest BCUT2D eigenvalue weighted by Gasteiger charge is 2.13. The van der Waals surface area contributed by atoms with Crippen LogP contribution in [0.15, 0.2) is 36.8 Å². The van der Waals surface area contributed by atoms with Crippen LogP contribution < -0.4 is 4.90 Å². The summed E-state index contributed by atoms with van der Waals surface area (Å²) in [4.78, 5) is 11.4. The van der Waals surface area contributed by atoms with Crippen molar-refractivity contribution in [1.29, 1.82) is 0 Å². The molecule has 0 aliphatic carbocycles. The maximum atomic E-state index is 4.55. The second kappa shape index (κ2) is 4.59. The molecule has 0 amide bonds. The lowest BCUT2D eigenvalue weighted by atomic mass is 10.1. The van der Waals surface area contributed by atoms with Crippen LogP contribution in [0.4, 0.5) is 5.82 Å². The highest BCUT2D eigenvalue weighted by Crippen LogP contribution is 2.23. The van der Waals surface area contributed by atoms with E-state index in [0.29, 0.717) is 0 Å². The average molecular weight is 265 g/mol. The van der Waals surface area contributed by atoms with E-state index >= 15 is 0 Å². The molecule has 4 rings (SSSR count). The summed E-state index contributed by atoms with van der Waals surface area (Å²) in [6.07, 6.45) is 8.06. The van der Waals surface area contributed by atoms with Crippen molar-refractivity contribution in [3.8, 4) is 11.3 Å². The van der Waals surface area contributed by atoms with Crippen LogP contribution in [-0.2, 0) is 0 Å². The van der Waals surface area contributed by atoms with E-state index in [1.807, 2.05) is 30.7 Å². The van der Waals surface area contributed by atoms with Crippen LogP contribution in [0.3, 0.4) is 0 Å². The number of nitrogens with zero attached hydrogens (tertiary/aromatic N) is 4. The molecule has 1 N–H and O–H groups in total. The summed E-state index contributed by atoms with van der Waals surface area (Å²) in [7, 11) is 0. The Morgan fingerprint density at radius 1 is 1.00 bits per heavy atom. The molecule has 3 aromatic rings. The molecule has 5 heteroatoms. The van der Waals surface area contributed by atoms with E-state index in [1.165, 1.54) is 12.8 Å². The molecule has 1 aliphatic heterocycles. The molecule has 0 spiro atoms. The van der Waals surface area contributed by atoms with Crippen molar-refractivity contribution < 1.29 is 0 Å².